The molecule has 6 heteroatoms. The monoisotopic (exact) mass is 372 g/mol. The Labute approximate surface area is 160 Å². The Kier molecular flexibility index (Phi) is 8.55. The fourth-order valence-corrected chi connectivity index (χ4v) is 2.91. The van der Waals surface area contributed by atoms with Gasteiger partial charge in [-0.15, -0.1) is 0 Å². The smallest absolute Gasteiger partial charge is 0.306 e. The highest BCUT2D eigenvalue weighted by atomic mass is 16.5. The third kappa shape index (κ3) is 7.25. The minimum atomic E-state index is -0.358. The summed E-state index contributed by atoms with van der Waals surface area (Å²) in [6.45, 7) is 5.70. The largest absolute Gasteiger partial charge is 0.461 e. The molecule has 0 unspecified atom stereocenters. The second kappa shape index (κ2) is 11.2. The van der Waals surface area contributed by atoms with E-state index in [-0.39, 0.29) is 36.7 Å². The molecule has 1 N–H and O–H groups in total. The van der Waals surface area contributed by atoms with Crippen molar-refractivity contribution in [1.29, 1.82) is 0 Å². The zero-order valence-corrected chi connectivity index (χ0v) is 15.7. The van der Waals surface area contributed by atoms with Crippen molar-refractivity contribution in [3.8, 4) is 0 Å². The van der Waals surface area contributed by atoms with Crippen molar-refractivity contribution >= 4 is 17.8 Å². The van der Waals surface area contributed by atoms with E-state index in [1.54, 1.807) is 4.90 Å². The summed E-state index contributed by atoms with van der Waals surface area (Å²) in [6.07, 6.45) is 4.47. The number of nitrogens with zero attached hydrogens (tertiary/aromatic N) is 1. The van der Waals surface area contributed by atoms with Gasteiger partial charge in [0.05, 0.1) is 6.42 Å². The molecule has 1 aliphatic rings. The number of amides is 2. The maximum atomic E-state index is 12.6. The van der Waals surface area contributed by atoms with E-state index in [1.165, 1.54) is 6.08 Å². The van der Waals surface area contributed by atoms with Gasteiger partial charge >= 0.3 is 5.97 Å². The minimum absolute atomic E-state index is 0.0352. The first-order valence-electron chi connectivity index (χ1n) is 9.48. The Bertz CT molecular complexity index is 641. The van der Waals surface area contributed by atoms with Gasteiger partial charge in [0.15, 0.2) is 0 Å². The van der Waals surface area contributed by atoms with Gasteiger partial charge in [0, 0.05) is 25.6 Å². The molecule has 0 radical (unpaired) electrons. The first-order valence-corrected chi connectivity index (χ1v) is 9.48. The van der Waals surface area contributed by atoms with Crippen LogP contribution in [0.15, 0.2) is 43.0 Å². The van der Waals surface area contributed by atoms with Crippen molar-refractivity contribution < 1.29 is 19.1 Å². The average molecular weight is 372 g/mol. The molecule has 0 aliphatic carbocycles. The Morgan fingerprint density at radius 2 is 1.93 bits per heavy atom. The van der Waals surface area contributed by atoms with Crippen molar-refractivity contribution in [2.75, 3.05) is 19.6 Å². The second-order valence-electron chi connectivity index (χ2n) is 6.72. The molecule has 1 atom stereocenters. The number of rotatable bonds is 11. The van der Waals surface area contributed by atoms with Crippen LogP contribution in [-0.2, 0) is 25.7 Å². The maximum Gasteiger partial charge on any atom is 0.306 e. The number of hydrogen-bond donors (Lipinski definition) is 1. The van der Waals surface area contributed by atoms with E-state index in [4.69, 9.17) is 4.74 Å². The molecule has 146 valence electrons. The molecule has 0 spiro atoms. The molecule has 27 heavy (non-hydrogen) atoms. The predicted octanol–water partition coefficient (Wildman–Crippen LogP) is 2.44. The number of ether oxygens (including phenoxy) is 1. The molecule has 1 heterocycles. The number of likely N-dealkylation sites (tertiary alicyclic amines) is 1. The van der Waals surface area contributed by atoms with Gasteiger partial charge < -0.3 is 15.0 Å². The first kappa shape index (κ1) is 20.7. The summed E-state index contributed by atoms with van der Waals surface area (Å²) in [5.41, 5.74) is 0.925. The Morgan fingerprint density at radius 3 is 2.56 bits per heavy atom. The lowest BCUT2D eigenvalue weighted by atomic mass is 9.95. The molecule has 2 amide bonds. The number of benzene rings is 1. The highest BCUT2D eigenvalue weighted by molar-refractivity contribution is 5.86. The van der Waals surface area contributed by atoms with Gasteiger partial charge in [-0.2, -0.15) is 0 Å². The van der Waals surface area contributed by atoms with Crippen LogP contribution in [0, 0.1) is 5.92 Å². The summed E-state index contributed by atoms with van der Waals surface area (Å²) in [4.78, 5) is 37.7. The van der Waals surface area contributed by atoms with Gasteiger partial charge in [-0.25, -0.2) is 0 Å². The number of carbonyl (C=O) groups excluding carboxylic acids is 3. The van der Waals surface area contributed by atoms with Gasteiger partial charge in [-0.1, -0.05) is 43.3 Å². The van der Waals surface area contributed by atoms with Crippen LogP contribution in [0.1, 0.15) is 37.7 Å². The van der Waals surface area contributed by atoms with Crippen LogP contribution < -0.4 is 5.32 Å². The number of nitrogens with one attached hydrogen (secondary N) is 1. The van der Waals surface area contributed by atoms with Crippen molar-refractivity contribution in [1.82, 2.24) is 10.2 Å². The molecule has 6 nitrogen and oxygen atoms in total. The van der Waals surface area contributed by atoms with Gasteiger partial charge in [0.25, 0.3) is 0 Å². The third-order valence-corrected chi connectivity index (χ3v) is 4.64. The molecule has 0 saturated carbocycles. The highest BCUT2D eigenvalue weighted by Crippen LogP contribution is 2.20. The molecule has 1 saturated heterocycles. The fourth-order valence-electron chi connectivity index (χ4n) is 2.91. The normalized spacial score (nSPS) is 14.0. The Balaban J connectivity index is 1.78. The lowest BCUT2D eigenvalue weighted by Gasteiger charge is -2.34. The van der Waals surface area contributed by atoms with Crippen LogP contribution in [0.3, 0.4) is 0 Å². The number of carbonyl (C=O) groups is 3. The van der Waals surface area contributed by atoms with Crippen molar-refractivity contribution in [3.05, 3.63) is 48.6 Å². The SMILES string of the molecule is C=CC(=O)NCCCC[C@H](CC(=O)OCc1ccccc1)C(=O)N1CCC1. The third-order valence-electron chi connectivity index (χ3n) is 4.64. The number of esters is 1. The molecular formula is C21H28N2O4. The number of hydrogen-bond acceptors (Lipinski definition) is 4. The van der Waals surface area contributed by atoms with Crippen LogP contribution in [0.5, 0.6) is 0 Å². The van der Waals surface area contributed by atoms with E-state index in [9.17, 15) is 14.4 Å². The molecule has 1 aromatic rings. The lowest BCUT2D eigenvalue weighted by Crippen LogP contribution is -2.45. The minimum Gasteiger partial charge on any atom is -0.461 e. The molecule has 2 rings (SSSR count). The van der Waals surface area contributed by atoms with Gasteiger partial charge in [0.1, 0.15) is 6.61 Å². The molecular weight excluding hydrogens is 344 g/mol. The molecule has 1 fully saturated rings. The predicted molar refractivity (Wildman–Crippen MR) is 103 cm³/mol. The van der Waals surface area contributed by atoms with E-state index < -0.39 is 0 Å². The lowest BCUT2D eigenvalue weighted by molar-refractivity contribution is -0.151. The molecule has 0 aromatic heterocycles. The molecule has 1 aliphatic heterocycles. The van der Waals surface area contributed by atoms with Crippen molar-refractivity contribution in [2.24, 2.45) is 5.92 Å². The Morgan fingerprint density at radius 1 is 1.19 bits per heavy atom. The van der Waals surface area contributed by atoms with Gasteiger partial charge in [-0.3, -0.25) is 14.4 Å². The summed E-state index contributed by atoms with van der Waals surface area (Å²) in [5, 5.41) is 2.72. The van der Waals surface area contributed by atoms with Crippen LogP contribution in [0.2, 0.25) is 0 Å². The summed E-state index contributed by atoms with van der Waals surface area (Å²) in [7, 11) is 0. The summed E-state index contributed by atoms with van der Waals surface area (Å²) in [5.74, 6) is -0.873. The zero-order chi connectivity index (χ0) is 19.5. The van der Waals surface area contributed by atoms with E-state index in [0.29, 0.717) is 13.0 Å². The molecule has 0 bridgehead atoms. The first-order chi connectivity index (χ1) is 13.1. The van der Waals surface area contributed by atoms with E-state index in [1.807, 2.05) is 30.3 Å². The van der Waals surface area contributed by atoms with Gasteiger partial charge in [-0.05, 0) is 30.9 Å². The van der Waals surface area contributed by atoms with E-state index in [2.05, 4.69) is 11.9 Å². The van der Waals surface area contributed by atoms with E-state index >= 15 is 0 Å². The zero-order valence-electron chi connectivity index (χ0n) is 15.7. The highest BCUT2D eigenvalue weighted by Gasteiger charge is 2.29. The fraction of sp³-hybridized carbons (Fsp3) is 0.476. The van der Waals surface area contributed by atoms with Crippen LogP contribution >= 0.6 is 0 Å². The standard InChI is InChI=1S/C21H28N2O4/c1-2-19(24)22-12-7-6-11-18(21(26)23-13-8-14-23)15-20(25)27-16-17-9-4-3-5-10-17/h2-5,9-10,18H,1,6-8,11-16H2,(H,22,24)/t18-/m1/s1. The summed E-state index contributed by atoms with van der Waals surface area (Å²) < 4.78 is 5.34. The Hall–Kier alpha value is -2.63. The maximum absolute atomic E-state index is 12.6. The molecule has 1 aromatic carbocycles. The second-order valence-corrected chi connectivity index (χ2v) is 6.72. The van der Waals surface area contributed by atoms with Crippen LogP contribution in [-0.4, -0.2) is 42.3 Å². The number of unbranched alkanes of at least 4 members (excludes halogenated alkanes) is 1. The quantitative estimate of drug-likeness (QED) is 0.368. The van der Waals surface area contributed by atoms with Crippen LogP contribution in [0.25, 0.3) is 0 Å². The summed E-state index contributed by atoms with van der Waals surface area (Å²) >= 11 is 0. The van der Waals surface area contributed by atoms with Crippen molar-refractivity contribution in [3.63, 3.8) is 0 Å². The average Bonchev–Trinajstić information content (AvgIpc) is 2.64. The summed E-state index contributed by atoms with van der Waals surface area (Å²) in [6, 6.07) is 9.49. The van der Waals surface area contributed by atoms with E-state index in [0.717, 1.165) is 37.9 Å². The topological polar surface area (TPSA) is 75.7 Å². The van der Waals surface area contributed by atoms with Crippen molar-refractivity contribution in [2.45, 2.75) is 38.7 Å². The van der Waals surface area contributed by atoms with Gasteiger partial charge in [0.2, 0.25) is 11.8 Å². The van der Waals surface area contributed by atoms with Crippen LogP contribution in [0.4, 0.5) is 0 Å².